The fourth-order valence-corrected chi connectivity index (χ4v) is 2.30. The van der Waals surface area contributed by atoms with Crippen molar-refractivity contribution in [2.24, 2.45) is 0 Å². The van der Waals surface area contributed by atoms with Gasteiger partial charge in [0.1, 0.15) is 0 Å². The molecule has 0 radical (unpaired) electrons. The van der Waals surface area contributed by atoms with Gasteiger partial charge >= 0.3 is 5.97 Å². The molecule has 0 amide bonds. The maximum absolute atomic E-state index is 10.6. The molecule has 0 saturated heterocycles. The highest BCUT2D eigenvalue weighted by Crippen LogP contribution is 2.33. The molecule has 0 fully saturated rings. The van der Waals surface area contributed by atoms with Crippen LogP contribution in [0.2, 0.25) is 0 Å². The molecular formula is C21H24O4. The van der Waals surface area contributed by atoms with E-state index in [2.05, 4.69) is 13.8 Å². The molecular weight excluding hydrogens is 316 g/mol. The van der Waals surface area contributed by atoms with E-state index in [1.807, 2.05) is 42.5 Å². The lowest BCUT2D eigenvalue weighted by Gasteiger charge is -2.14. The average molecular weight is 340 g/mol. The number of hydrogen-bond acceptors (Lipinski definition) is 3. The summed E-state index contributed by atoms with van der Waals surface area (Å²) in [5.41, 5.74) is 2.91. The molecule has 1 N–H and O–H groups in total. The molecule has 0 saturated carbocycles. The van der Waals surface area contributed by atoms with Gasteiger partial charge in [-0.25, -0.2) is 4.79 Å². The SMILES string of the molecule is CCCOc1ccc(-c2ccc(C=CC(=O)O)cc2)cc1OCCC. The van der Waals surface area contributed by atoms with Crippen molar-refractivity contribution in [1.29, 1.82) is 0 Å². The van der Waals surface area contributed by atoms with Gasteiger partial charge in [0, 0.05) is 6.08 Å². The Kier molecular flexibility index (Phi) is 7.08. The summed E-state index contributed by atoms with van der Waals surface area (Å²) < 4.78 is 11.6. The first-order valence-electron chi connectivity index (χ1n) is 8.55. The van der Waals surface area contributed by atoms with Crippen molar-refractivity contribution in [3.05, 3.63) is 54.1 Å². The predicted molar refractivity (Wildman–Crippen MR) is 100 cm³/mol. The van der Waals surface area contributed by atoms with Gasteiger partial charge in [-0.2, -0.15) is 0 Å². The van der Waals surface area contributed by atoms with Crippen LogP contribution in [-0.2, 0) is 4.79 Å². The van der Waals surface area contributed by atoms with Crippen molar-refractivity contribution in [2.75, 3.05) is 13.2 Å². The topological polar surface area (TPSA) is 55.8 Å². The minimum Gasteiger partial charge on any atom is -0.490 e. The van der Waals surface area contributed by atoms with Crippen LogP contribution in [0.1, 0.15) is 32.3 Å². The fraction of sp³-hybridized carbons (Fsp3) is 0.286. The third-order valence-corrected chi connectivity index (χ3v) is 3.53. The lowest BCUT2D eigenvalue weighted by Crippen LogP contribution is -2.01. The van der Waals surface area contributed by atoms with E-state index in [1.54, 1.807) is 6.08 Å². The van der Waals surface area contributed by atoms with Crippen molar-refractivity contribution < 1.29 is 19.4 Å². The van der Waals surface area contributed by atoms with E-state index >= 15 is 0 Å². The average Bonchev–Trinajstić information content (AvgIpc) is 2.63. The third-order valence-electron chi connectivity index (χ3n) is 3.53. The summed E-state index contributed by atoms with van der Waals surface area (Å²) in [4.78, 5) is 10.6. The van der Waals surface area contributed by atoms with E-state index in [-0.39, 0.29) is 0 Å². The number of carboxylic acids is 1. The number of benzene rings is 2. The van der Waals surface area contributed by atoms with Gasteiger partial charge < -0.3 is 14.6 Å². The van der Waals surface area contributed by atoms with Crippen molar-refractivity contribution in [2.45, 2.75) is 26.7 Å². The molecule has 2 aromatic carbocycles. The maximum Gasteiger partial charge on any atom is 0.328 e. The van der Waals surface area contributed by atoms with Crippen LogP contribution >= 0.6 is 0 Å². The summed E-state index contributed by atoms with van der Waals surface area (Å²) in [5.74, 6) is 0.562. The molecule has 0 bridgehead atoms. The van der Waals surface area contributed by atoms with Crippen molar-refractivity contribution in [1.82, 2.24) is 0 Å². The third kappa shape index (κ3) is 5.68. The molecule has 2 aromatic rings. The van der Waals surface area contributed by atoms with Gasteiger partial charge in [0.2, 0.25) is 0 Å². The molecule has 0 spiro atoms. The molecule has 4 nitrogen and oxygen atoms in total. The largest absolute Gasteiger partial charge is 0.490 e. The Morgan fingerprint density at radius 2 is 1.52 bits per heavy atom. The zero-order valence-electron chi connectivity index (χ0n) is 14.7. The molecule has 0 aliphatic heterocycles. The Labute approximate surface area is 148 Å². The zero-order chi connectivity index (χ0) is 18.1. The Morgan fingerprint density at radius 1 is 0.920 bits per heavy atom. The first-order valence-corrected chi connectivity index (χ1v) is 8.55. The normalized spacial score (nSPS) is 10.8. The number of rotatable bonds is 9. The van der Waals surface area contributed by atoms with Crippen LogP contribution in [0.3, 0.4) is 0 Å². The van der Waals surface area contributed by atoms with Crippen molar-refractivity contribution >= 4 is 12.0 Å². The quantitative estimate of drug-likeness (QED) is 0.651. The van der Waals surface area contributed by atoms with E-state index in [0.29, 0.717) is 13.2 Å². The molecule has 2 rings (SSSR count). The van der Waals surface area contributed by atoms with Gasteiger partial charge in [0.15, 0.2) is 11.5 Å². The highest BCUT2D eigenvalue weighted by Gasteiger charge is 2.08. The van der Waals surface area contributed by atoms with Crippen molar-refractivity contribution in [3.63, 3.8) is 0 Å². The van der Waals surface area contributed by atoms with Gasteiger partial charge in [0.25, 0.3) is 0 Å². The molecule has 132 valence electrons. The number of hydrogen-bond donors (Lipinski definition) is 1. The number of ether oxygens (including phenoxy) is 2. The molecule has 0 unspecified atom stereocenters. The summed E-state index contributed by atoms with van der Waals surface area (Å²) in [5, 5.41) is 8.68. The van der Waals surface area contributed by atoms with Crippen LogP contribution in [0.25, 0.3) is 17.2 Å². The van der Waals surface area contributed by atoms with Gasteiger partial charge in [-0.05, 0) is 47.7 Å². The van der Waals surface area contributed by atoms with Crippen LogP contribution in [0.4, 0.5) is 0 Å². The molecule has 0 aromatic heterocycles. The Bertz CT molecular complexity index is 717. The van der Waals surface area contributed by atoms with Gasteiger partial charge in [-0.1, -0.05) is 44.2 Å². The van der Waals surface area contributed by atoms with Crippen molar-refractivity contribution in [3.8, 4) is 22.6 Å². The minimum atomic E-state index is -0.954. The van der Waals surface area contributed by atoms with Crippen LogP contribution in [0, 0.1) is 0 Å². The second-order valence-corrected chi connectivity index (χ2v) is 5.65. The number of aliphatic carboxylic acids is 1. The van der Waals surface area contributed by atoms with Gasteiger partial charge in [0.05, 0.1) is 13.2 Å². The Balaban J connectivity index is 2.24. The number of carbonyl (C=O) groups is 1. The van der Waals surface area contributed by atoms with Crippen LogP contribution in [-0.4, -0.2) is 24.3 Å². The number of carboxylic acid groups (broad SMARTS) is 1. The fourth-order valence-electron chi connectivity index (χ4n) is 2.30. The van der Waals surface area contributed by atoms with Crippen LogP contribution in [0.15, 0.2) is 48.5 Å². The molecule has 4 heteroatoms. The van der Waals surface area contributed by atoms with Crippen LogP contribution in [0.5, 0.6) is 11.5 Å². The summed E-state index contributed by atoms with van der Waals surface area (Å²) in [6, 6.07) is 13.6. The monoisotopic (exact) mass is 340 g/mol. The molecule has 0 heterocycles. The Hall–Kier alpha value is -2.75. The second-order valence-electron chi connectivity index (χ2n) is 5.65. The van der Waals surface area contributed by atoms with E-state index in [9.17, 15) is 4.79 Å². The lowest BCUT2D eigenvalue weighted by atomic mass is 10.0. The second kappa shape index (κ2) is 9.52. The summed E-state index contributed by atoms with van der Waals surface area (Å²) in [7, 11) is 0. The predicted octanol–water partition coefficient (Wildman–Crippen LogP) is 5.03. The van der Waals surface area contributed by atoms with Gasteiger partial charge in [-0.15, -0.1) is 0 Å². The summed E-state index contributed by atoms with van der Waals surface area (Å²) in [6.07, 6.45) is 4.58. The van der Waals surface area contributed by atoms with E-state index in [4.69, 9.17) is 14.6 Å². The van der Waals surface area contributed by atoms with Crippen LogP contribution < -0.4 is 9.47 Å². The molecule has 0 aliphatic carbocycles. The summed E-state index contributed by atoms with van der Waals surface area (Å²) in [6.45, 7) is 5.44. The summed E-state index contributed by atoms with van der Waals surface area (Å²) >= 11 is 0. The first-order chi connectivity index (χ1) is 12.1. The maximum atomic E-state index is 10.6. The molecule has 0 atom stereocenters. The zero-order valence-corrected chi connectivity index (χ0v) is 14.7. The Morgan fingerprint density at radius 3 is 2.12 bits per heavy atom. The van der Waals surface area contributed by atoms with Gasteiger partial charge in [-0.3, -0.25) is 0 Å². The highest BCUT2D eigenvalue weighted by molar-refractivity contribution is 5.85. The molecule has 0 aliphatic rings. The minimum absolute atomic E-state index is 0.644. The van der Waals surface area contributed by atoms with E-state index < -0.39 is 5.97 Å². The lowest BCUT2D eigenvalue weighted by molar-refractivity contribution is -0.131. The smallest absolute Gasteiger partial charge is 0.328 e. The highest BCUT2D eigenvalue weighted by atomic mass is 16.5. The molecule has 25 heavy (non-hydrogen) atoms. The standard InChI is InChI=1S/C21H24O4/c1-3-13-24-19-11-10-18(15-20(19)25-14-4-2)17-8-5-16(6-9-17)7-12-21(22)23/h5-12,15H,3-4,13-14H2,1-2H3,(H,22,23). The first kappa shape index (κ1) is 18.6. The van der Waals surface area contributed by atoms with E-state index in [0.717, 1.165) is 47.1 Å². The van der Waals surface area contributed by atoms with E-state index in [1.165, 1.54) is 0 Å².